The third kappa shape index (κ3) is 7.22. The van der Waals surface area contributed by atoms with Gasteiger partial charge in [0.25, 0.3) is 5.91 Å². The Bertz CT molecular complexity index is 983. The highest BCUT2D eigenvalue weighted by Gasteiger charge is 2.34. The van der Waals surface area contributed by atoms with Crippen LogP contribution in [0.15, 0.2) is 24.3 Å². The number of ether oxygens (including phenoxy) is 1. The number of nitrogens with zero attached hydrogens (tertiary/aromatic N) is 2. The van der Waals surface area contributed by atoms with Gasteiger partial charge in [-0.3, -0.25) is 9.59 Å². The molecular weight excluding hydrogens is 444 g/mol. The lowest BCUT2D eigenvalue weighted by Crippen LogP contribution is -2.49. The fraction of sp³-hybridized carbons (Fsp3) is 0.593. The Hall–Kier alpha value is -3.05. The zero-order chi connectivity index (χ0) is 25.6. The van der Waals surface area contributed by atoms with Gasteiger partial charge in [-0.1, -0.05) is 31.0 Å². The van der Waals surface area contributed by atoms with Crippen LogP contribution in [0.4, 0.5) is 10.5 Å². The number of alkyl carbamates (subject to hydrolysis) is 1. The van der Waals surface area contributed by atoms with Gasteiger partial charge in [0.2, 0.25) is 5.91 Å². The number of para-hydroxylation sites is 1. The minimum Gasteiger partial charge on any atom is -0.444 e. The number of piperidine rings is 1. The summed E-state index contributed by atoms with van der Waals surface area (Å²) in [4.78, 5) is 40.3. The first-order chi connectivity index (χ1) is 16.6. The molecule has 190 valence electrons. The summed E-state index contributed by atoms with van der Waals surface area (Å²) in [5.74, 6) is 5.25. The summed E-state index contributed by atoms with van der Waals surface area (Å²) in [6, 6.07) is 8.74. The summed E-state index contributed by atoms with van der Waals surface area (Å²) in [5.41, 5.74) is 1.59. The number of likely N-dealkylation sites (tertiary alicyclic amines) is 1. The predicted octanol–water partition coefficient (Wildman–Crippen LogP) is 3.37. The lowest BCUT2D eigenvalue weighted by Gasteiger charge is -2.42. The molecule has 1 fully saturated rings. The average molecular weight is 483 g/mol. The van der Waals surface area contributed by atoms with E-state index in [9.17, 15) is 14.4 Å². The second-order valence-electron chi connectivity index (χ2n) is 10.2. The Kier molecular flexibility index (Phi) is 8.79. The average Bonchev–Trinajstić information content (AvgIpc) is 2.81. The molecule has 1 aromatic carbocycles. The highest BCUT2D eigenvalue weighted by molar-refractivity contribution is 5.95. The summed E-state index contributed by atoms with van der Waals surface area (Å²) in [6.07, 6.45) is 2.48. The molecule has 1 saturated heterocycles. The molecule has 0 aromatic heterocycles. The van der Waals surface area contributed by atoms with Crippen molar-refractivity contribution < 1.29 is 19.1 Å². The molecule has 8 nitrogen and oxygen atoms in total. The van der Waals surface area contributed by atoms with Crippen molar-refractivity contribution in [3.05, 3.63) is 29.8 Å². The number of carbonyl (C=O) groups excluding carboxylic acids is 3. The van der Waals surface area contributed by atoms with E-state index in [1.54, 1.807) is 25.7 Å². The maximum Gasteiger partial charge on any atom is 0.408 e. The van der Waals surface area contributed by atoms with Crippen LogP contribution >= 0.6 is 0 Å². The van der Waals surface area contributed by atoms with E-state index in [0.29, 0.717) is 25.6 Å². The first kappa shape index (κ1) is 26.6. The molecular formula is C27H38N4O4. The molecule has 2 atom stereocenters. The molecule has 1 aromatic rings. The van der Waals surface area contributed by atoms with Gasteiger partial charge in [-0.05, 0) is 64.5 Å². The fourth-order valence-corrected chi connectivity index (χ4v) is 4.68. The van der Waals surface area contributed by atoms with Crippen LogP contribution in [-0.2, 0) is 14.3 Å². The van der Waals surface area contributed by atoms with Crippen molar-refractivity contribution in [2.24, 2.45) is 0 Å². The second-order valence-corrected chi connectivity index (χ2v) is 10.2. The Labute approximate surface area is 208 Å². The summed E-state index contributed by atoms with van der Waals surface area (Å²) in [5, 5.41) is 6.33. The number of nitrogens with one attached hydrogen (secondary N) is 2. The minimum atomic E-state index is -0.574. The van der Waals surface area contributed by atoms with Gasteiger partial charge < -0.3 is 25.2 Å². The standard InChI is InChI=1S/C27H38N4O4/c1-6-24(32)31-19(2)18-22(21-10-7-8-11-23(21)31)29-20-13-16-30(17-14-20)25(33)12-9-15-28-26(34)35-27(3,4)5/h7-8,10-11,19-20,22,29H,6,13-18H2,1-5H3,(H,28,34)/t19-,22+/m0/s1. The van der Waals surface area contributed by atoms with E-state index in [1.807, 2.05) is 30.0 Å². The minimum absolute atomic E-state index is 0.0650. The van der Waals surface area contributed by atoms with E-state index in [4.69, 9.17) is 4.74 Å². The van der Waals surface area contributed by atoms with Crippen molar-refractivity contribution in [2.75, 3.05) is 24.5 Å². The van der Waals surface area contributed by atoms with Gasteiger partial charge in [0.1, 0.15) is 5.60 Å². The molecule has 3 rings (SSSR count). The molecule has 2 N–H and O–H groups in total. The molecule has 35 heavy (non-hydrogen) atoms. The summed E-state index contributed by atoms with van der Waals surface area (Å²) >= 11 is 0. The van der Waals surface area contributed by atoms with Crippen LogP contribution in [0, 0.1) is 11.8 Å². The van der Waals surface area contributed by atoms with Crippen LogP contribution in [0.25, 0.3) is 0 Å². The SMILES string of the molecule is CCC(=O)N1c2ccccc2[C@H](NC2CCN(C(=O)C#CCNC(=O)OC(C)(C)C)CC2)C[C@@H]1C. The lowest BCUT2D eigenvalue weighted by molar-refractivity contribution is -0.126. The Balaban J connectivity index is 1.50. The van der Waals surface area contributed by atoms with Crippen molar-refractivity contribution in [3.63, 3.8) is 0 Å². The summed E-state index contributed by atoms with van der Waals surface area (Å²) in [6.45, 7) is 10.7. The van der Waals surface area contributed by atoms with Crippen LogP contribution in [0.5, 0.6) is 0 Å². The number of hydrogen-bond donors (Lipinski definition) is 2. The van der Waals surface area contributed by atoms with E-state index in [-0.39, 0.29) is 30.4 Å². The van der Waals surface area contributed by atoms with Crippen LogP contribution in [0.1, 0.15) is 71.9 Å². The van der Waals surface area contributed by atoms with Crippen LogP contribution in [0.3, 0.4) is 0 Å². The topological polar surface area (TPSA) is 91.0 Å². The van der Waals surface area contributed by atoms with Gasteiger partial charge in [0, 0.05) is 43.3 Å². The molecule has 8 heteroatoms. The maximum atomic E-state index is 12.5. The molecule has 0 spiro atoms. The monoisotopic (exact) mass is 482 g/mol. The normalized spacial score (nSPS) is 20.4. The second kappa shape index (κ2) is 11.6. The zero-order valence-electron chi connectivity index (χ0n) is 21.5. The van der Waals surface area contributed by atoms with E-state index in [0.717, 1.165) is 30.5 Å². The first-order valence-corrected chi connectivity index (χ1v) is 12.5. The molecule has 0 aliphatic carbocycles. The van der Waals surface area contributed by atoms with Crippen molar-refractivity contribution >= 4 is 23.6 Å². The smallest absolute Gasteiger partial charge is 0.408 e. The van der Waals surface area contributed by atoms with Crippen LogP contribution in [0.2, 0.25) is 0 Å². The largest absolute Gasteiger partial charge is 0.444 e. The Morgan fingerprint density at radius 1 is 1.14 bits per heavy atom. The van der Waals surface area contributed by atoms with Gasteiger partial charge in [0.05, 0.1) is 6.54 Å². The Morgan fingerprint density at radius 3 is 2.49 bits per heavy atom. The van der Waals surface area contributed by atoms with E-state index in [2.05, 4.69) is 35.5 Å². The molecule has 0 unspecified atom stereocenters. The quantitative estimate of drug-likeness (QED) is 0.642. The number of hydrogen-bond acceptors (Lipinski definition) is 5. The third-order valence-electron chi connectivity index (χ3n) is 6.29. The van der Waals surface area contributed by atoms with Crippen LogP contribution in [-0.4, -0.2) is 60.1 Å². The van der Waals surface area contributed by atoms with Crippen molar-refractivity contribution in [2.45, 2.75) is 84.0 Å². The van der Waals surface area contributed by atoms with Crippen molar-refractivity contribution in [1.82, 2.24) is 15.5 Å². The zero-order valence-corrected chi connectivity index (χ0v) is 21.5. The van der Waals surface area contributed by atoms with Gasteiger partial charge >= 0.3 is 6.09 Å². The van der Waals surface area contributed by atoms with Crippen molar-refractivity contribution in [1.29, 1.82) is 0 Å². The first-order valence-electron chi connectivity index (χ1n) is 12.5. The van der Waals surface area contributed by atoms with E-state index >= 15 is 0 Å². The van der Waals surface area contributed by atoms with E-state index < -0.39 is 11.7 Å². The number of benzene rings is 1. The van der Waals surface area contributed by atoms with Crippen molar-refractivity contribution in [3.8, 4) is 11.8 Å². The molecule has 0 bridgehead atoms. The van der Waals surface area contributed by atoms with Gasteiger partial charge in [-0.2, -0.15) is 0 Å². The highest BCUT2D eigenvalue weighted by Crippen LogP contribution is 2.38. The number of amides is 3. The summed E-state index contributed by atoms with van der Waals surface area (Å²) in [7, 11) is 0. The number of carbonyl (C=O) groups is 3. The van der Waals surface area contributed by atoms with Crippen LogP contribution < -0.4 is 15.5 Å². The fourth-order valence-electron chi connectivity index (χ4n) is 4.68. The third-order valence-corrected chi connectivity index (χ3v) is 6.29. The number of fused-ring (bicyclic) bond motifs is 1. The molecule has 3 amide bonds. The maximum absolute atomic E-state index is 12.5. The number of anilines is 1. The molecule has 0 saturated carbocycles. The Morgan fingerprint density at radius 2 is 1.83 bits per heavy atom. The van der Waals surface area contributed by atoms with Gasteiger partial charge in [-0.25, -0.2) is 4.79 Å². The van der Waals surface area contributed by atoms with E-state index in [1.165, 1.54) is 0 Å². The predicted molar refractivity (Wildman–Crippen MR) is 136 cm³/mol. The van der Waals surface area contributed by atoms with Gasteiger partial charge in [-0.15, -0.1) is 0 Å². The summed E-state index contributed by atoms with van der Waals surface area (Å²) < 4.78 is 5.15. The molecule has 0 radical (unpaired) electrons. The van der Waals surface area contributed by atoms with Gasteiger partial charge in [0.15, 0.2) is 0 Å². The number of rotatable bonds is 4. The molecule has 2 heterocycles. The molecule has 2 aliphatic heterocycles. The lowest BCUT2D eigenvalue weighted by atomic mass is 9.90. The molecule has 2 aliphatic rings. The highest BCUT2D eigenvalue weighted by atomic mass is 16.6.